The van der Waals surface area contributed by atoms with Crippen LogP contribution in [0.15, 0.2) is 16.6 Å². The van der Waals surface area contributed by atoms with Crippen LogP contribution >= 0.6 is 27.5 Å². The van der Waals surface area contributed by atoms with Crippen molar-refractivity contribution in [2.45, 2.75) is 6.36 Å². The lowest BCUT2D eigenvalue weighted by Gasteiger charge is -2.11. The summed E-state index contributed by atoms with van der Waals surface area (Å²) in [4.78, 5) is 10.5. The monoisotopic (exact) mass is 302 g/mol. The van der Waals surface area contributed by atoms with Crippen LogP contribution in [0, 0.1) is 0 Å². The summed E-state index contributed by atoms with van der Waals surface area (Å²) in [5.74, 6) is -0.620. The maximum Gasteiger partial charge on any atom is 0.573 e. The fourth-order valence-electron chi connectivity index (χ4n) is 0.872. The molecular weight excluding hydrogens is 300 g/mol. The molecule has 0 unspecified atom stereocenters. The Morgan fingerprint density at radius 2 is 2.00 bits per heavy atom. The molecule has 2 nitrogen and oxygen atoms in total. The number of hydrogen-bond donors (Lipinski definition) is 0. The zero-order valence-corrected chi connectivity index (χ0v) is 9.28. The molecule has 0 bridgehead atoms. The summed E-state index contributed by atoms with van der Waals surface area (Å²) in [5.41, 5.74) is -0.344. The van der Waals surface area contributed by atoms with Crippen molar-refractivity contribution in [3.05, 3.63) is 27.2 Å². The van der Waals surface area contributed by atoms with E-state index in [2.05, 4.69) is 20.7 Å². The van der Waals surface area contributed by atoms with Crippen LogP contribution in [0.2, 0.25) is 5.02 Å². The van der Waals surface area contributed by atoms with Gasteiger partial charge in [-0.2, -0.15) is 0 Å². The summed E-state index contributed by atoms with van der Waals surface area (Å²) in [6, 6.07) is 2.27. The molecule has 0 aromatic heterocycles. The van der Waals surface area contributed by atoms with E-state index in [1.807, 2.05) is 0 Å². The predicted molar refractivity (Wildman–Crippen MR) is 51.2 cm³/mol. The van der Waals surface area contributed by atoms with Crippen molar-refractivity contribution in [3.8, 4) is 5.75 Å². The van der Waals surface area contributed by atoms with Crippen LogP contribution in [0.3, 0.4) is 0 Å². The van der Waals surface area contributed by atoms with E-state index in [9.17, 15) is 18.0 Å². The molecule has 0 N–H and O–H groups in total. The van der Waals surface area contributed by atoms with Gasteiger partial charge in [0.15, 0.2) is 6.29 Å². The summed E-state index contributed by atoms with van der Waals surface area (Å²) in [7, 11) is 0. The van der Waals surface area contributed by atoms with Gasteiger partial charge in [0.25, 0.3) is 0 Å². The lowest BCUT2D eigenvalue weighted by atomic mass is 10.2. The second-order valence-corrected chi connectivity index (χ2v) is 3.67. The predicted octanol–water partition coefficient (Wildman–Crippen LogP) is 3.81. The van der Waals surface area contributed by atoms with Gasteiger partial charge in [0.05, 0.1) is 10.6 Å². The van der Waals surface area contributed by atoms with Crippen LogP contribution < -0.4 is 4.74 Å². The topological polar surface area (TPSA) is 26.3 Å². The highest BCUT2D eigenvalue weighted by Crippen LogP contribution is 2.34. The lowest BCUT2D eigenvalue weighted by molar-refractivity contribution is -0.274. The summed E-state index contributed by atoms with van der Waals surface area (Å²) < 4.78 is 39.6. The number of alkyl halides is 3. The van der Waals surface area contributed by atoms with E-state index in [0.717, 1.165) is 6.07 Å². The molecule has 7 heteroatoms. The van der Waals surface area contributed by atoms with E-state index in [1.54, 1.807) is 0 Å². The van der Waals surface area contributed by atoms with Crippen molar-refractivity contribution >= 4 is 33.8 Å². The summed E-state index contributed by atoms with van der Waals surface area (Å²) in [5, 5.41) is -0.119. The highest BCUT2D eigenvalue weighted by Gasteiger charge is 2.32. The summed E-state index contributed by atoms with van der Waals surface area (Å²) in [6.07, 6.45) is -4.65. The van der Waals surface area contributed by atoms with Gasteiger partial charge in [-0.25, -0.2) is 0 Å². The average Bonchev–Trinajstić information content (AvgIpc) is 2.10. The first-order valence-corrected chi connectivity index (χ1v) is 4.71. The van der Waals surface area contributed by atoms with Gasteiger partial charge in [0.1, 0.15) is 5.75 Å². The first-order chi connectivity index (χ1) is 6.85. The van der Waals surface area contributed by atoms with E-state index in [1.165, 1.54) is 6.07 Å². The Labute approximate surface area is 96.1 Å². The van der Waals surface area contributed by atoms with E-state index in [-0.39, 0.29) is 16.9 Å². The Bertz CT molecular complexity index is 392. The molecule has 0 spiro atoms. The Hall–Kier alpha value is -0.750. The molecule has 82 valence electrons. The molecule has 0 saturated heterocycles. The molecule has 15 heavy (non-hydrogen) atoms. The van der Waals surface area contributed by atoms with Gasteiger partial charge < -0.3 is 4.74 Å². The minimum absolute atomic E-state index is 0.119. The van der Waals surface area contributed by atoms with E-state index in [0.29, 0.717) is 4.47 Å². The van der Waals surface area contributed by atoms with Gasteiger partial charge in [0.2, 0.25) is 0 Å². The molecule has 1 aromatic rings. The molecule has 0 aliphatic carbocycles. The van der Waals surface area contributed by atoms with Crippen molar-refractivity contribution in [1.82, 2.24) is 0 Å². The minimum atomic E-state index is -4.85. The van der Waals surface area contributed by atoms with Crippen LogP contribution in [0.25, 0.3) is 0 Å². The molecule has 0 radical (unpaired) electrons. The smallest absolute Gasteiger partial charge is 0.405 e. The number of benzene rings is 1. The first-order valence-electron chi connectivity index (χ1n) is 3.54. The van der Waals surface area contributed by atoms with Crippen molar-refractivity contribution in [3.63, 3.8) is 0 Å². The molecule has 0 amide bonds. The maximum atomic E-state index is 11.9. The molecule has 0 heterocycles. The van der Waals surface area contributed by atoms with Gasteiger partial charge in [-0.3, -0.25) is 4.79 Å². The maximum absolute atomic E-state index is 11.9. The molecule has 0 saturated carbocycles. The van der Waals surface area contributed by atoms with E-state index in [4.69, 9.17) is 11.6 Å². The van der Waals surface area contributed by atoms with E-state index < -0.39 is 12.1 Å². The average molecular weight is 303 g/mol. The van der Waals surface area contributed by atoms with Crippen LogP contribution in [-0.4, -0.2) is 12.6 Å². The third-order valence-corrected chi connectivity index (χ3v) is 2.73. The first kappa shape index (κ1) is 12.3. The third kappa shape index (κ3) is 3.10. The van der Waals surface area contributed by atoms with Crippen molar-refractivity contribution in [2.75, 3.05) is 0 Å². The number of halogens is 5. The van der Waals surface area contributed by atoms with Gasteiger partial charge in [-0.05, 0) is 28.1 Å². The summed E-state index contributed by atoms with van der Waals surface area (Å²) in [6.45, 7) is 0. The highest BCUT2D eigenvalue weighted by atomic mass is 79.9. The fraction of sp³-hybridized carbons (Fsp3) is 0.125. The van der Waals surface area contributed by atoms with Crippen molar-refractivity contribution < 1.29 is 22.7 Å². The Morgan fingerprint density at radius 3 is 2.47 bits per heavy atom. The molecule has 0 aliphatic heterocycles. The van der Waals surface area contributed by atoms with Gasteiger partial charge in [-0.1, -0.05) is 11.6 Å². The molecule has 0 atom stereocenters. The number of aldehydes is 1. The second kappa shape index (κ2) is 4.40. The number of carbonyl (C=O) groups is 1. The van der Waals surface area contributed by atoms with Crippen molar-refractivity contribution in [2.24, 2.45) is 0 Å². The van der Waals surface area contributed by atoms with Gasteiger partial charge >= 0.3 is 6.36 Å². The molecule has 1 aromatic carbocycles. The number of carbonyl (C=O) groups excluding carboxylic acids is 1. The zero-order valence-electron chi connectivity index (χ0n) is 6.94. The van der Waals surface area contributed by atoms with Crippen LogP contribution in [0.5, 0.6) is 5.75 Å². The van der Waals surface area contributed by atoms with Gasteiger partial charge in [-0.15, -0.1) is 13.2 Å². The lowest BCUT2D eigenvalue weighted by Crippen LogP contribution is -2.18. The third-order valence-electron chi connectivity index (χ3n) is 1.44. The molecule has 0 fully saturated rings. The van der Waals surface area contributed by atoms with Crippen molar-refractivity contribution in [1.29, 1.82) is 0 Å². The fourth-order valence-corrected chi connectivity index (χ4v) is 1.42. The second-order valence-electron chi connectivity index (χ2n) is 2.44. The van der Waals surface area contributed by atoms with Crippen LogP contribution in [-0.2, 0) is 0 Å². The molecular formula is C8H3BrClF3O2. The van der Waals surface area contributed by atoms with E-state index >= 15 is 0 Å². The SMILES string of the molecule is O=Cc1c(OC(F)(F)F)ccc(Br)c1Cl. The standard InChI is InChI=1S/C8H3BrClF3O2/c9-5-1-2-6(15-8(11,12)13)4(3-14)7(5)10/h1-3H. The number of hydrogen-bond acceptors (Lipinski definition) is 2. The molecule has 0 aliphatic rings. The highest BCUT2D eigenvalue weighted by molar-refractivity contribution is 9.10. The normalized spacial score (nSPS) is 11.3. The Morgan fingerprint density at radius 1 is 1.40 bits per heavy atom. The van der Waals surface area contributed by atoms with Crippen LogP contribution in [0.1, 0.15) is 10.4 Å². The van der Waals surface area contributed by atoms with Gasteiger partial charge in [0, 0.05) is 4.47 Å². The quantitative estimate of drug-likeness (QED) is 0.777. The van der Waals surface area contributed by atoms with Crippen LogP contribution in [0.4, 0.5) is 13.2 Å². The molecule has 1 rings (SSSR count). The largest absolute Gasteiger partial charge is 0.573 e. The summed E-state index contributed by atoms with van der Waals surface area (Å²) >= 11 is 8.57. The minimum Gasteiger partial charge on any atom is -0.405 e. The number of ether oxygens (including phenoxy) is 1. The Kier molecular flexibility index (Phi) is 3.62. The number of rotatable bonds is 2. The zero-order chi connectivity index (χ0) is 11.6. The Balaban J connectivity index is 3.19.